The second kappa shape index (κ2) is 9.35. The van der Waals surface area contributed by atoms with Crippen molar-refractivity contribution >= 4 is 33.2 Å². The molecule has 7 N–H and O–H groups in total. The number of carboxylic acid groups (broad SMARTS) is 1. The van der Waals surface area contributed by atoms with Gasteiger partial charge in [-0.25, -0.2) is 4.79 Å². The number of anilines is 1. The molecule has 37 heavy (non-hydrogen) atoms. The molecule has 0 saturated carbocycles. The molecule has 2 aliphatic rings. The molecule has 0 aromatic heterocycles. The van der Waals surface area contributed by atoms with Crippen molar-refractivity contribution in [1.82, 2.24) is 0 Å². The van der Waals surface area contributed by atoms with Crippen molar-refractivity contribution < 1.29 is 64.4 Å². The predicted octanol–water partition coefficient (Wildman–Crippen LogP) is 0.192. The van der Waals surface area contributed by atoms with E-state index in [1.807, 2.05) is 0 Å². The summed E-state index contributed by atoms with van der Waals surface area (Å²) in [5.74, 6) is -0.936. The van der Waals surface area contributed by atoms with Gasteiger partial charge in [-0.15, -0.1) is 5.23 Å². The van der Waals surface area contributed by atoms with Gasteiger partial charge in [-0.1, -0.05) is 0 Å². The number of aromatic carboxylic acids is 1. The topological polar surface area (TPSA) is 208 Å². The predicted molar refractivity (Wildman–Crippen MR) is 122 cm³/mol. The largest absolute Gasteiger partial charge is 0.496 e. The summed E-state index contributed by atoms with van der Waals surface area (Å²) < 4.78 is 27.6. The van der Waals surface area contributed by atoms with Crippen LogP contribution in [0.1, 0.15) is 10.4 Å². The van der Waals surface area contributed by atoms with Crippen molar-refractivity contribution in [1.29, 1.82) is 0 Å². The Morgan fingerprint density at radius 1 is 1.03 bits per heavy atom. The minimum absolute atomic E-state index is 0.0287. The van der Waals surface area contributed by atoms with E-state index in [4.69, 9.17) is 23.7 Å². The molecular formula is C23H23NO13. The van der Waals surface area contributed by atoms with E-state index >= 15 is 0 Å². The highest BCUT2D eigenvalue weighted by atomic mass is 16.8. The summed E-state index contributed by atoms with van der Waals surface area (Å²) >= 11 is 0. The van der Waals surface area contributed by atoms with Crippen LogP contribution in [-0.2, 0) is 4.74 Å². The molecule has 2 aliphatic heterocycles. The van der Waals surface area contributed by atoms with Crippen LogP contribution in [-0.4, -0.2) is 93.1 Å². The van der Waals surface area contributed by atoms with Gasteiger partial charge in [-0.2, -0.15) is 0 Å². The fourth-order valence-corrected chi connectivity index (χ4v) is 4.59. The number of aliphatic hydroxyl groups is 4. The van der Waals surface area contributed by atoms with Gasteiger partial charge in [0.05, 0.1) is 19.3 Å². The maximum atomic E-state index is 12.1. The molecule has 5 rings (SSSR count). The minimum Gasteiger partial charge on any atom is -0.496 e. The molecule has 14 nitrogen and oxygen atoms in total. The molecule has 0 aliphatic carbocycles. The number of rotatable bonds is 6. The molecule has 2 heterocycles. The molecule has 198 valence electrons. The van der Waals surface area contributed by atoms with Crippen LogP contribution < -0.4 is 24.2 Å². The lowest BCUT2D eigenvalue weighted by Crippen LogP contribution is -2.60. The quantitative estimate of drug-likeness (QED) is 0.171. The number of hydrogen-bond donors (Lipinski definition) is 7. The molecule has 0 spiro atoms. The third-order valence-electron chi connectivity index (χ3n) is 6.35. The van der Waals surface area contributed by atoms with Gasteiger partial charge in [0.25, 0.3) is 0 Å². The summed E-state index contributed by atoms with van der Waals surface area (Å²) in [5, 5.41) is 70.1. The normalized spacial score (nSPS) is 24.9. The first-order chi connectivity index (χ1) is 17.7. The summed E-state index contributed by atoms with van der Waals surface area (Å²) in [6.45, 7) is -0.862. The number of fused-ring (bicyclic) bond motifs is 5. The van der Waals surface area contributed by atoms with Crippen molar-refractivity contribution in [2.24, 2.45) is 0 Å². The fourth-order valence-electron chi connectivity index (χ4n) is 4.59. The van der Waals surface area contributed by atoms with E-state index in [1.165, 1.54) is 31.4 Å². The maximum Gasteiger partial charge on any atom is 0.336 e. The van der Waals surface area contributed by atoms with Crippen LogP contribution in [0.3, 0.4) is 0 Å². The highest BCUT2D eigenvalue weighted by Gasteiger charge is 2.44. The SMILES string of the molecule is COc1cc(O[C@@H]2O[C@H](CO)[C@@H](O)[C@H](O)[C@H]2O)cc2c1cc(N(O)O)c1c(C(=O)O)cc3c(c12)OCO3. The van der Waals surface area contributed by atoms with Crippen molar-refractivity contribution in [3.05, 3.63) is 29.8 Å². The zero-order valence-corrected chi connectivity index (χ0v) is 19.1. The van der Waals surface area contributed by atoms with Crippen LogP contribution in [0, 0.1) is 0 Å². The third-order valence-corrected chi connectivity index (χ3v) is 6.35. The van der Waals surface area contributed by atoms with Gasteiger partial charge in [0.15, 0.2) is 11.5 Å². The molecule has 0 bridgehead atoms. The molecular weight excluding hydrogens is 498 g/mol. The molecule has 0 radical (unpaired) electrons. The second-order valence-electron chi connectivity index (χ2n) is 8.43. The Labute approximate surface area is 207 Å². The Kier molecular flexibility index (Phi) is 6.33. The maximum absolute atomic E-state index is 12.1. The number of carboxylic acids is 1. The van der Waals surface area contributed by atoms with Crippen molar-refractivity contribution in [3.8, 4) is 23.0 Å². The second-order valence-corrected chi connectivity index (χ2v) is 8.43. The van der Waals surface area contributed by atoms with Crippen LogP contribution in [0.5, 0.6) is 23.0 Å². The van der Waals surface area contributed by atoms with Crippen molar-refractivity contribution in [2.45, 2.75) is 30.7 Å². The van der Waals surface area contributed by atoms with Crippen LogP contribution in [0.25, 0.3) is 21.5 Å². The summed E-state index contributed by atoms with van der Waals surface area (Å²) in [4.78, 5) is 12.1. The monoisotopic (exact) mass is 521 g/mol. The standard InChI is InChI=1S/C23H23NO13/c1-33-13-3-8(36-23-20(28)19(27)18(26)15(6-25)37-23)2-10-9(13)4-12(24(31)32)16-11(22(29)30)5-14-21(17(10)16)35-7-34-14/h2-5,15,18-20,23,25-28,31-32H,6-7H2,1H3,(H,29,30)/t15-,18-,19+,20-,23-/m1/s1. The molecule has 3 aromatic carbocycles. The molecule has 1 saturated heterocycles. The smallest absolute Gasteiger partial charge is 0.336 e. The number of benzene rings is 3. The van der Waals surface area contributed by atoms with Crippen LogP contribution in [0.4, 0.5) is 5.69 Å². The summed E-state index contributed by atoms with van der Waals surface area (Å²) in [7, 11) is 1.34. The molecule has 0 unspecified atom stereocenters. The summed E-state index contributed by atoms with van der Waals surface area (Å²) in [5.41, 5.74) is -0.581. The van der Waals surface area contributed by atoms with E-state index in [-0.39, 0.29) is 57.0 Å². The van der Waals surface area contributed by atoms with Gasteiger partial charge >= 0.3 is 5.97 Å². The van der Waals surface area contributed by atoms with E-state index < -0.39 is 43.3 Å². The highest BCUT2D eigenvalue weighted by Crippen LogP contribution is 2.50. The number of carbonyl (C=O) groups is 1. The number of aliphatic hydroxyl groups excluding tert-OH is 4. The average Bonchev–Trinajstić information content (AvgIpc) is 3.35. The number of ether oxygens (including phenoxy) is 5. The van der Waals surface area contributed by atoms with Gasteiger partial charge < -0.3 is 49.2 Å². The van der Waals surface area contributed by atoms with Gasteiger partial charge in [0.1, 0.15) is 41.6 Å². The van der Waals surface area contributed by atoms with Gasteiger partial charge in [-0.3, -0.25) is 10.4 Å². The van der Waals surface area contributed by atoms with Gasteiger partial charge in [0, 0.05) is 27.6 Å². The van der Waals surface area contributed by atoms with E-state index in [9.17, 15) is 40.7 Å². The summed E-state index contributed by atoms with van der Waals surface area (Å²) in [6, 6.07) is 5.33. The Balaban J connectivity index is 1.75. The molecule has 5 atom stereocenters. The third kappa shape index (κ3) is 4.00. The van der Waals surface area contributed by atoms with Crippen LogP contribution >= 0.6 is 0 Å². The Morgan fingerprint density at radius 3 is 2.43 bits per heavy atom. The molecule has 14 heteroatoms. The molecule has 1 fully saturated rings. The first kappa shape index (κ1) is 25.0. The van der Waals surface area contributed by atoms with E-state index in [1.54, 1.807) is 0 Å². The zero-order valence-electron chi connectivity index (χ0n) is 19.1. The Hall–Kier alpha value is -3.63. The number of methoxy groups -OCH3 is 1. The zero-order chi connectivity index (χ0) is 26.6. The average molecular weight is 521 g/mol. The van der Waals surface area contributed by atoms with E-state index in [2.05, 4.69) is 0 Å². The highest BCUT2D eigenvalue weighted by molar-refractivity contribution is 6.23. The van der Waals surface area contributed by atoms with Crippen molar-refractivity contribution in [3.63, 3.8) is 0 Å². The minimum atomic E-state index is -1.68. The Bertz CT molecular complexity index is 1370. The van der Waals surface area contributed by atoms with E-state index in [0.29, 0.717) is 10.8 Å². The molecule has 0 amide bonds. The van der Waals surface area contributed by atoms with Crippen molar-refractivity contribution in [2.75, 3.05) is 25.7 Å². The lowest BCUT2D eigenvalue weighted by molar-refractivity contribution is -0.277. The summed E-state index contributed by atoms with van der Waals surface area (Å²) in [6.07, 6.45) is -7.65. The number of hydrogen-bond acceptors (Lipinski definition) is 13. The first-order valence-electron chi connectivity index (χ1n) is 11.0. The fraction of sp³-hybridized carbons (Fsp3) is 0.348. The lowest BCUT2D eigenvalue weighted by Gasteiger charge is -2.39. The Morgan fingerprint density at radius 2 is 1.78 bits per heavy atom. The first-order valence-corrected chi connectivity index (χ1v) is 11.0. The van der Waals surface area contributed by atoms with Gasteiger partial charge in [-0.05, 0) is 18.2 Å². The van der Waals surface area contributed by atoms with E-state index in [0.717, 1.165) is 0 Å². The number of nitrogens with zero attached hydrogens (tertiary/aromatic N) is 1. The molecule has 3 aromatic rings. The van der Waals surface area contributed by atoms with Gasteiger partial charge in [0.2, 0.25) is 13.1 Å². The lowest BCUT2D eigenvalue weighted by atomic mass is 9.94. The van der Waals surface area contributed by atoms with Crippen LogP contribution in [0.15, 0.2) is 24.3 Å². The van der Waals surface area contributed by atoms with Crippen LogP contribution in [0.2, 0.25) is 0 Å².